The van der Waals surface area contributed by atoms with Crippen molar-refractivity contribution in [3.63, 3.8) is 0 Å². The average molecular weight is 374 g/mol. The zero-order valence-electron chi connectivity index (χ0n) is 14.1. The second-order valence-corrected chi connectivity index (χ2v) is 8.65. The van der Waals surface area contributed by atoms with Crippen LogP contribution >= 0.6 is 23.1 Å². The Morgan fingerprint density at radius 3 is 2.80 bits per heavy atom. The van der Waals surface area contributed by atoms with Gasteiger partial charge >= 0.3 is 0 Å². The summed E-state index contributed by atoms with van der Waals surface area (Å²) in [7, 11) is 2.16. The van der Waals surface area contributed by atoms with Crippen LogP contribution in [0.15, 0.2) is 40.1 Å². The highest BCUT2D eigenvalue weighted by Crippen LogP contribution is 2.43. The third-order valence-electron chi connectivity index (χ3n) is 4.47. The van der Waals surface area contributed by atoms with Gasteiger partial charge in [0.1, 0.15) is 0 Å². The molecule has 2 N–H and O–H groups in total. The van der Waals surface area contributed by atoms with Crippen molar-refractivity contribution < 1.29 is 10.0 Å². The zero-order chi connectivity index (χ0) is 17.6. The van der Waals surface area contributed by atoms with Crippen LogP contribution in [0.4, 0.5) is 0 Å². The first-order valence-corrected chi connectivity index (χ1v) is 9.72. The SMILES string of the molecule is Cc1cc2c(s1)c(Sc1ccc(C(=O)NO)cc1)c1n2CN(C)CC1. The third-order valence-corrected chi connectivity index (χ3v) is 6.81. The fourth-order valence-electron chi connectivity index (χ4n) is 3.24. The molecule has 7 heteroatoms. The van der Waals surface area contributed by atoms with Crippen molar-refractivity contribution >= 4 is 39.2 Å². The van der Waals surface area contributed by atoms with Gasteiger partial charge in [0.25, 0.3) is 5.91 Å². The van der Waals surface area contributed by atoms with Gasteiger partial charge in [0.05, 0.1) is 21.8 Å². The van der Waals surface area contributed by atoms with E-state index in [0.717, 1.165) is 24.5 Å². The van der Waals surface area contributed by atoms with Gasteiger partial charge < -0.3 is 4.57 Å². The molecule has 0 saturated heterocycles. The molecule has 5 nitrogen and oxygen atoms in total. The minimum absolute atomic E-state index is 0.449. The highest BCUT2D eigenvalue weighted by atomic mass is 32.2. The Balaban J connectivity index is 1.73. The molecule has 0 fully saturated rings. The Labute approximate surface area is 154 Å². The number of hydrogen-bond acceptors (Lipinski definition) is 5. The number of aromatic nitrogens is 1. The quantitative estimate of drug-likeness (QED) is 0.543. The maximum absolute atomic E-state index is 11.5. The van der Waals surface area contributed by atoms with Gasteiger partial charge in [-0.3, -0.25) is 14.9 Å². The normalized spacial score (nSPS) is 14.7. The molecule has 0 atom stereocenters. The van der Waals surface area contributed by atoms with E-state index in [0.29, 0.717) is 5.56 Å². The first-order chi connectivity index (χ1) is 12.1. The standard InChI is InChI=1S/C18H19N3O2S2/c1-11-9-15-17(24-11)16(14-7-8-20(2)10-21(14)15)25-13-5-3-12(4-6-13)18(22)19-23/h3-6,9,23H,7-8,10H2,1-2H3,(H,19,22). The van der Waals surface area contributed by atoms with Crippen molar-refractivity contribution in [1.82, 2.24) is 14.9 Å². The van der Waals surface area contributed by atoms with Crippen molar-refractivity contribution in [2.75, 3.05) is 13.6 Å². The molecule has 0 spiro atoms. The Bertz CT molecular complexity index is 944. The Hall–Kier alpha value is -1.80. The minimum Gasteiger partial charge on any atom is -0.329 e. The lowest BCUT2D eigenvalue weighted by Crippen LogP contribution is -2.30. The fraction of sp³-hybridized carbons (Fsp3) is 0.278. The molecular weight excluding hydrogens is 354 g/mol. The van der Waals surface area contributed by atoms with E-state index in [1.165, 1.54) is 25.7 Å². The van der Waals surface area contributed by atoms with E-state index in [4.69, 9.17) is 5.21 Å². The van der Waals surface area contributed by atoms with Crippen LogP contribution in [-0.2, 0) is 13.1 Å². The van der Waals surface area contributed by atoms with Gasteiger partial charge in [0.15, 0.2) is 0 Å². The van der Waals surface area contributed by atoms with E-state index in [9.17, 15) is 4.79 Å². The predicted molar refractivity (Wildman–Crippen MR) is 101 cm³/mol. The first kappa shape index (κ1) is 16.7. The monoisotopic (exact) mass is 373 g/mol. The third kappa shape index (κ3) is 2.97. The summed E-state index contributed by atoms with van der Waals surface area (Å²) < 4.78 is 3.78. The topological polar surface area (TPSA) is 57.5 Å². The van der Waals surface area contributed by atoms with E-state index in [2.05, 4.69) is 29.5 Å². The van der Waals surface area contributed by atoms with E-state index in [1.54, 1.807) is 29.4 Å². The van der Waals surface area contributed by atoms with E-state index < -0.39 is 5.91 Å². The summed E-state index contributed by atoms with van der Waals surface area (Å²) in [6, 6.07) is 9.62. The van der Waals surface area contributed by atoms with Gasteiger partial charge in [0.2, 0.25) is 0 Å². The number of carbonyl (C=O) groups is 1. The number of nitrogens with zero attached hydrogens (tertiary/aromatic N) is 2. The number of carbonyl (C=O) groups excluding carboxylic acids is 1. The van der Waals surface area contributed by atoms with Crippen molar-refractivity contribution in [2.45, 2.75) is 29.8 Å². The second kappa shape index (κ2) is 6.49. The molecule has 130 valence electrons. The molecule has 0 radical (unpaired) electrons. The number of aryl methyl sites for hydroxylation is 1. The van der Waals surface area contributed by atoms with Crippen LogP contribution in [0.2, 0.25) is 0 Å². The number of rotatable bonds is 3. The average Bonchev–Trinajstić information content (AvgIpc) is 3.12. The summed E-state index contributed by atoms with van der Waals surface area (Å²) >= 11 is 3.60. The van der Waals surface area contributed by atoms with E-state index in [1.807, 2.05) is 23.5 Å². The van der Waals surface area contributed by atoms with E-state index in [-0.39, 0.29) is 0 Å². The molecule has 0 unspecified atom stereocenters. The van der Waals surface area contributed by atoms with Crippen LogP contribution in [0, 0.1) is 6.92 Å². The summed E-state index contributed by atoms with van der Waals surface area (Å²) in [5.41, 5.74) is 4.84. The lowest BCUT2D eigenvalue weighted by Gasteiger charge is -2.26. The molecule has 1 aliphatic heterocycles. The van der Waals surface area contributed by atoms with Crippen LogP contribution in [0.5, 0.6) is 0 Å². The molecule has 3 aromatic rings. The first-order valence-electron chi connectivity index (χ1n) is 8.09. The molecule has 3 heterocycles. The number of hydroxylamine groups is 1. The molecule has 1 aromatic carbocycles. The Morgan fingerprint density at radius 2 is 2.08 bits per heavy atom. The van der Waals surface area contributed by atoms with Gasteiger partial charge in [-0.25, -0.2) is 5.48 Å². The summed E-state index contributed by atoms with van der Waals surface area (Å²) in [6.07, 6.45) is 1.05. The van der Waals surface area contributed by atoms with Gasteiger partial charge in [-0.2, -0.15) is 0 Å². The Morgan fingerprint density at radius 1 is 1.32 bits per heavy atom. The van der Waals surface area contributed by atoms with Crippen LogP contribution in [0.3, 0.4) is 0 Å². The van der Waals surface area contributed by atoms with Gasteiger partial charge in [-0.15, -0.1) is 11.3 Å². The molecule has 2 aromatic heterocycles. The van der Waals surface area contributed by atoms with Crippen molar-refractivity contribution in [3.8, 4) is 0 Å². The number of likely N-dealkylation sites (N-methyl/N-ethyl adjacent to an activating group) is 1. The predicted octanol–water partition coefficient (Wildman–Crippen LogP) is 3.73. The summed E-state index contributed by atoms with van der Waals surface area (Å²) in [5, 5.41) is 8.73. The van der Waals surface area contributed by atoms with Gasteiger partial charge in [0, 0.05) is 34.0 Å². The summed E-state index contributed by atoms with van der Waals surface area (Å²) in [6.45, 7) is 4.15. The molecule has 0 bridgehead atoms. The highest BCUT2D eigenvalue weighted by molar-refractivity contribution is 7.99. The minimum atomic E-state index is -0.489. The lowest BCUT2D eigenvalue weighted by molar-refractivity contribution is 0.0706. The Kier molecular flexibility index (Phi) is 4.33. The molecular formula is C18H19N3O2S2. The maximum atomic E-state index is 11.5. The van der Waals surface area contributed by atoms with Gasteiger partial charge in [-0.05, 0) is 44.3 Å². The van der Waals surface area contributed by atoms with Gasteiger partial charge in [-0.1, -0.05) is 11.8 Å². The van der Waals surface area contributed by atoms with E-state index >= 15 is 0 Å². The molecule has 4 rings (SSSR count). The lowest BCUT2D eigenvalue weighted by atomic mass is 10.2. The summed E-state index contributed by atoms with van der Waals surface area (Å²) in [5.74, 6) is -0.489. The number of nitrogens with one attached hydrogen (secondary N) is 1. The molecule has 0 aliphatic carbocycles. The number of hydrogen-bond donors (Lipinski definition) is 2. The van der Waals surface area contributed by atoms with Crippen LogP contribution in [0.1, 0.15) is 20.9 Å². The molecule has 1 amide bonds. The molecule has 0 saturated carbocycles. The number of amides is 1. The number of fused-ring (bicyclic) bond motifs is 3. The smallest absolute Gasteiger partial charge is 0.274 e. The van der Waals surface area contributed by atoms with Crippen molar-refractivity contribution in [3.05, 3.63) is 46.5 Å². The van der Waals surface area contributed by atoms with Crippen LogP contribution in [-0.4, -0.2) is 34.2 Å². The number of thiophene rings is 1. The fourth-order valence-corrected chi connectivity index (χ4v) is 5.51. The highest BCUT2D eigenvalue weighted by Gasteiger charge is 2.24. The van der Waals surface area contributed by atoms with Crippen molar-refractivity contribution in [2.24, 2.45) is 0 Å². The van der Waals surface area contributed by atoms with Crippen molar-refractivity contribution in [1.29, 1.82) is 0 Å². The largest absolute Gasteiger partial charge is 0.329 e. The van der Waals surface area contributed by atoms with Crippen LogP contribution < -0.4 is 5.48 Å². The zero-order valence-corrected chi connectivity index (χ0v) is 15.7. The van der Waals surface area contributed by atoms with Crippen LogP contribution in [0.25, 0.3) is 10.2 Å². The summed E-state index contributed by atoms with van der Waals surface area (Å²) in [4.78, 5) is 17.6. The molecule has 25 heavy (non-hydrogen) atoms. The number of benzene rings is 1. The maximum Gasteiger partial charge on any atom is 0.274 e. The second-order valence-electron chi connectivity index (χ2n) is 6.31. The molecule has 1 aliphatic rings.